The molecule has 0 aromatic heterocycles. The predicted molar refractivity (Wildman–Crippen MR) is 109 cm³/mol. The van der Waals surface area contributed by atoms with Crippen LogP contribution in [0.4, 0.5) is 5.69 Å². The summed E-state index contributed by atoms with van der Waals surface area (Å²) >= 11 is 12.3. The van der Waals surface area contributed by atoms with Crippen molar-refractivity contribution in [3.8, 4) is 0 Å². The Morgan fingerprint density at radius 1 is 0.920 bits per heavy atom. The minimum absolute atomic E-state index is 0.203. The lowest BCUT2D eigenvalue weighted by Crippen LogP contribution is -2.13. The van der Waals surface area contributed by atoms with Crippen molar-refractivity contribution in [2.75, 3.05) is 5.32 Å². The fourth-order valence-corrected chi connectivity index (χ4v) is 3.21. The van der Waals surface area contributed by atoms with E-state index in [0.29, 0.717) is 27.4 Å². The van der Waals surface area contributed by atoms with Gasteiger partial charge in [-0.1, -0.05) is 75.2 Å². The fraction of sp³-hybridized carbons (Fsp3) is 0.286. The molecule has 2 aromatic rings. The molecular weight excluding hydrogens is 353 g/mol. The first-order valence-electron chi connectivity index (χ1n) is 8.37. The van der Waals surface area contributed by atoms with Crippen LogP contribution in [0, 0.1) is 0 Å². The largest absolute Gasteiger partial charge is 0.322 e. The van der Waals surface area contributed by atoms with Gasteiger partial charge in [-0.3, -0.25) is 4.79 Å². The van der Waals surface area contributed by atoms with Crippen LogP contribution in [0.25, 0.3) is 6.08 Å². The number of nitrogens with one attached hydrogen (secondary N) is 1. The van der Waals surface area contributed by atoms with Gasteiger partial charge in [-0.2, -0.15) is 0 Å². The summed E-state index contributed by atoms with van der Waals surface area (Å²) in [6.07, 6.45) is 3.11. The molecule has 0 aliphatic carbocycles. The molecule has 0 saturated heterocycles. The second kappa shape index (κ2) is 8.55. The van der Waals surface area contributed by atoms with Gasteiger partial charge in [-0.05, 0) is 41.2 Å². The molecule has 0 heterocycles. The van der Waals surface area contributed by atoms with Crippen LogP contribution in [-0.2, 0) is 4.79 Å². The number of hydrogen-bond acceptors (Lipinski definition) is 1. The summed E-state index contributed by atoms with van der Waals surface area (Å²) in [6.45, 7) is 8.48. The molecule has 2 aromatic carbocycles. The molecule has 132 valence electrons. The van der Waals surface area contributed by atoms with Crippen LogP contribution in [0.2, 0.25) is 10.0 Å². The monoisotopic (exact) mass is 375 g/mol. The van der Waals surface area contributed by atoms with Crippen molar-refractivity contribution >= 4 is 40.9 Å². The first-order valence-corrected chi connectivity index (χ1v) is 9.12. The zero-order valence-electron chi connectivity index (χ0n) is 14.9. The van der Waals surface area contributed by atoms with Gasteiger partial charge in [0.25, 0.3) is 0 Å². The van der Waals surface area contributed by atoms with Gasteiger partial charge in [0.05, 0.1) is 0 Å². The Balaban J connectivity index is 2.30. The van der Waals surface area contributed by atoms with Crippen molar-refractivity contribution in [2.24, 2.45) is 0 Å². The summed E-state index contributed by atoms with van der Waals surface area (Å²) in [6, 6.07) is 11.4. The molecule has 2 rings (SSSR count). The van der Waals surface area contributed by atoms with Gasteiger partial charge in [0.15, 0.2) is 0 Å². The normalized spacial score (nSPS) is 11.5. The van der Waals surface area contributed by atoms with Crippen LogP contribution in [0.15, 0.2) is 42.5 Å². The lowest BCUT2D eigenvalue weighted by molar-refractivity contribution is -0.111. The number of rotatable bonds is 5. The first kappa shape index (κ1) is 19.6. The van der Waals surface area contributed by atoms with Gasteiger partial charge in [0.1, 0.15) is 0 Å². The standard InChI is InChI=1S/C21H23Cl2NO/c1-13(2)15-7-5-8-16(14(3)4)21(15)24-20(25)12-11-17-18(22)9-6-10-19(17)23/h5-14H,1-4H3,(H,24,25). The Labute approximate surface area is 159 Å². The third-order valence-electron chi connectivity index (χ3n) is 4.02. The van der Waals surface area contributed by atoms with E-state index >= 15 is 0 Å². The van der Waals surface area contributed by atoms with E-state index in [0.717, 1.165) is 16.8 Å². The Kier molecular flexibility index (Phi) is 6.69. The average Bonchev–Trinajstić information content (AvgIpc) is 2.54. The quantitative estimate of drug-likeness (QED) is 0.566. The van der Waals surface area contributed by atoms with Crippen LogP contribution in [0.3, 0.4) is 0 Å². The lowest BCUT2D eigenvalue weighted by Gasteiger charge is -2.19. The number of para-hydroxylation sites is 1. The molecule has 1 amide bonds. The molecule has 0 saturated carbocycles. The van der Waals surface area contributed by atoms with E-state index in [2.05, 4.69) is 45.1 Å². The van der Waals surface area contributed by atoms with Crippen LogP contribution in [0.5, 0.6) is 0 Å². The molecule has 2 nitrogen and oxygen atoms in total. The van der Waals surface area contributed by atoms with E-state index < -0.39 is 0 Å². The predicted octanol–water partition coefficient (Wildman–Crippen LogP) is 6.89. The van der Waals surface area contributed by atoms with Crippen LogP contribution in [0.1, 0.15) is 56.2 Å². The molecular formula is C21H23Cl2NO. The highest BCUT2D eigenvalue weighted by molar-refractivity contribution is 6.37. The van der Waals surface area contributed by atoms with E-state index in [9.17, 15) is 4.79 Å². The number of halogens is 2. The van der Waals surface area contributed by atoms with E-state index in [1.807, 2.05) is 6.07 Å². The summed E-state index contributed by atoms with van der Waals surface area (Å²) in [5.41, 5.74) is 3.79. The van der Waals surface area contributed by atoms with E-state index in [4.69, 9.17) is 23.2 Å². The molecule has 0 unspecified atom stereocenters. The van der Waals surface area contributed by atoms with Gasteiger partial charge >= 0.3 is 0 Å². The minimum atomic E-state index is -0.203. The highest BCUT2D eigenvalue weighted by Crippen LogP contribution is 2.32. The second-order valence-corrected chi connectivity index (χ2v) is 7.39. The van der Waals surface area contributed by atoms with Crippen LogP contribution in [-0.4, -0.2) is 5.91 Å². The highest BCUT2D eigenvalue weighted by atomic mass is 35.5. The zero-order chi connectivity index (χ0) is 18.6. The van der Waals surface area contributed by atoms with E-state index in [-0.39, 0.29) is 5.91 Å². The molecule has 4 heteroatoms. The number of benzene rings is 2. The second-order valence-electron chi connectivity index (χ2n) is 6.58. The van der Waals surface area contributed by atoms with E-state index in [1.165, 1.54) is 6.08 Å². The number of amides is 1. The summed E-state index contributed by atoms with van der Waals surface area (Å²) < 4.78 is 0. The number of hydrogen-bond donors (Lipinski definition) is 1. The Morgan fingerprint density at radius 2 is 1.40 bits per heavy atom. The first-order chi connectivity index (χ1) is 11.8. The van der Waals surface area contributed by atoms with Gasteiger partial charge in [0, 0.05) is 27.4 Å². The van der Waals surface area contributed by atoms with Gasteiger partial charge in [-0.15, -0.1) is 0 Å². The van der Waals surface area contributed by atoms with Crippen LogP contribution >= 0.6 is 23.2 Å². The third kappa shape index (κ3) is 4.87. The zero-order valence-corrected chi connectivity index (χ0v) is 16.4. The molecule has 25 heavy (non-hydrogen) atoms. The molecule has 0 radical (unpaired) electrons. The Morgan fingerprint density at radius 3 is 1.88 bits per heavy atom. The van der Waals surface area contributed by atoms with Crippen molar-refractivity contribution in [3.63, 3.8) is 0 Å². The molecule has 0 spiro atoms. The SMILES string of the molecule is CC(C)c1cccc(C(C)C)c1NC(=O)C=Cc1c(Cl)cccc1Cl. The molecule has 0 atom stereocenters. The maximum atomic E-state index is 12.5. The van der Waals surface area contributed by atoms with Crippen molar-refractivity contribution in [3.05, 3.63) is 69.2 Å². The van der Waals surface area contributed by atoms with E-state index in [1.54, 1.807) is 24.3 Å². The summed E-state index contributed by atoms with van der Waals surface area (Å²) in [5, 5.41) is 4.07. The maximum absolute atomic E-state index is 12.5. The molecule has 1 N–H and O–H groups in total. The highest BCUT2D eigenvalue weighted by Gasteiger charge is 2.15. The van der Waals surface area contributed by atoms with Crippen molar-refractivity contribution < 1.29 is 4.79 Å². The molecule has 0 bridgehead atoms. The topological polar surface area (TPSA) is 29.1 Å². The average molecular weight is 376 g/mol. The number of carbonyl (C=O) groups is 1. The molecule has 0 aliphatic heterocycles. The summed E-state index contributed by atoms with van der Waals surface area (Å²) in [5.74, 6) is 0.429. The Bertz CT molecular complexity index is 748. The Hall–Kier alpha value is -1.77. The minimum Gasteiger partial charge on any atom is -0.322 e. The number of carbonyl (C=O) groups excluding carboxylic acids is 1. The lowest BCUT2D eigenvalue weighted by atomic mass is 9.92. The van der Waals surface area contributed by atoms with Gasteiger partial charge in [-0.25, -0.2) is 0 Å². The van der Waals surface area contributed by atoms with Crippen molar-refractivity contribution in [2.45, 2.75) is 39.5 Å². The third-order valence-corrected chi connectivity index (χ3v) is 4.68. The number of anilines is 1. The maximum Gasteiger partial charge on any atom is 0.248 e. The fourth-order valence-electron chi connectivity index (χ4n) is 2.69. The van der Waals surface area contributed by atoms with Crippen LogP contribution < -0.4 is 5.32 Å². The summed E-state index contributed by atoms with van der Waals surface area (Å²) in [7, 11) is 0. The summed E-state index contributed by atoms with van der Waals surface area (Å²) in [4.78, 5) is 12.5. The molecule has 0 fully saturated rings. The van der Waals surface area contributed by atoms with Crippen molar-refractivity contribution in [1.82, 2.24) is 0 Å². The molecule has 0 aliphatic rings. The van der Waals surface area contributed by atoms with Crippen molar-refractivity contribution in [1.29, 1.82) is 0 Å². The van der Waals surface area contributed by atoms with Gasteiger partial charge < -0.3 is 5.32 Å². The smallest absolute Gasteiger partial charge is 0.248 e. The van der Waals surface area contributed by atoms with Gasteiger partial charge in [0.2, 0.25) is 5.91 Å².